The van der Waals surface area contributed by atoms with Crippen LogP contribution in [0.25, 0.3) is 11.6 Å². The lowest BCUT2D eigenvalue weighted by molar-refractivity contribution is 0.414. The molecule has 0 aromatic heterocycles. The van der Waals surface area contributed by atoms with Crippen LogP contribution in [0.2, 0.25) is 0 Å². The van der Waals surface area contributed by atoms with Gasteiger partial charge in [-0.2, -0.15) is 0 Å². The first-order valence-corrected chi connectivity index (χ1v) is 10.4. The highest BCUT2D eigenvalue weighted by Gasteiger charge is 2.46. The first-order valence-electron chi connectivity index (χ1n) is 10.4. The Morgan fingerprint density at radius 2 is 1.38 bits per heavy atom. The summed E-state index contributed by atoms with van der Waals surface area (Å²) in [6.45, 7) is 4.00. The molecule has 3 aromatic carbocycles. The number of ether oxygens (including phenoxy) is 2. The Balaban J connectivity index is 0.000000994. The molecule has 2 nitrogen and oxygen atoms in total. The van der Waals surface area contributed by atoms with Gasteiger partial charge in [0.2, 0.25) is 0 Å². The van der Waals surface area contributed by atoms with E-state index in [1.54, 1.807) is 14.2 Å². The van der Waals surface area contributed by atoms with Gasteiger partial charge in [0.25, 0.3) is 0 Å². The molecule has 0 bridgehead atoms. The summed E-state index contributed by atoms with van der Waals surface area (Å²) in [5, 5.41) is 0. The number of hydrogen-bond acceptors (Lipinski definition) is 2. The second-order valence-electron chi connectivity index (χ2n) is 7.45. The lowest BCUT2D eigenvalue weighted by Crippen LogP contribution is -2.26. The molecule has 148 valence electrons. The molecule has 2 aliphatic carbocycles. The van der Waals surface area contributed by atoms with Gasteiger partial charge in [0.1, 0.15) is 11.5 Å². The molecule has 3 aromatic rings. The van der Waals surface area contributed by atoms with Gasteiger partial charge in [0.15, 0.2) is 0 Å². The average molecular weight is 385 g/mol. The fourth-order valence-corrected chi connectivity index (χ4v) is 4.81. The Labute approximate surface area is 173 Å². The fourth-order valence-electron chi connectivity index (χ4n) is 4.81. The van der Waals surface area contributed by atoms with E-state index in [2.05, 4.69) is 66.7 Å². The summed E-state index contributed by atoms with van der Waals surface area (Å²) in [7, 11) is 3.45. The van der Waals surface area contributed by atoms with Crippen LogP contribution in [-0.2, 0) is 18.3 Å². The van der Waals surface area contributed by atoms with Gasteiger partial charge >= 0.3 is 0 Å². The van der Waals surface area contributed by atoms with E-state index >= 15 is 0 Å². The third-order valence-corrected chi connectivity index (χ3v) is 6.07. The molecule has 0 radical (unpaired) electrons. The molecular weight excluding hydrogens is 356 g/mol. The van der Waals surface area contributed by atoms with Crippen LogP contribution in [0, 0.1) is 0 Å². The monoisotopic (exact) mass is 384 g/mol. The number of methoxy groups -OCH3 is 2. The minimum atomic E-state index is -0.0162. The van der Waals surface area contributed by atoms with Gasteiger partial charge < -0.3 is 9.47 Å². The summed E-state index contributed by atoms with van der Waals surface area (Å²) < 4.78 is 11.0. The molecule has 0 aliphatic heterocycles. The Hall–Kier alpha value is -3.00. The Bertz CT molecular complexity index is 1040. The zero-order valence-electron chi connectivity index (χ0n) is 17.7. The van der Waals surface area contributed by atoms with Crippen molar-refractivity contribution in [2.45, 2.75) is 32.1 Å². The third kappa shape index (κ3) is 3.13. The quantitative estimate of drug-likeness (QED) is 0.526. The van der Waals surface area contributed by atoms with Crippen LogP contribution < -0.4 is 9.47 Å². The lowest BCUT2D eigenvalue weighted by Gasteiger charge is -2.30. The summed E-state index contributed by atoms with van der Waals surface area (Å²) in [5.41, 5.74) is 8.16. The van der Waals surface area contributed by atoms with Gasteiger partial charge in [-0.25, -0.2) is 0 Å². The molecule has 0 amide bonds. The number of hydrogen-bond donors (Lipinski definition) is 0. The molecule has 1 spiro atoms. The SMILES string of the molecule is CC.COc1cccc(C2=Cc3cc(OC)ccc3C23Cc2ccccc2C3)c1. The highest BCUT2D eigenvalue weighted by molar-refractivity contribution is 5.96. The van der Waals surface area contributed by atoms with E-state index in [9.17, 15) is 0 Å². The molecule has 0 saturated heterocycles. The van der Waals surface area contributed by atoms with Gasteiger partial charge in [0.05, 0.1) is 14.2 Å². The second-order valence-corrected chi connectivity index (χ2v) is 7.45. The second kappa shape index (κ2) is 7.79. The highest BCUT2D eigenvalue weighted by atomic mass is 16.5. The molecule has 0 saturated carbocycles. The normalized spacial score (nSPS) is 15.1. The first kappa shape index (κ1) is 19.3. The maximum absolute atomic E-state index is 5.49. The zero-order valence-corrected chi connectivity index (χ0v) is 17.7. The van der Waals surface area contributed by atoms with Crippen LogP contribution in [-0.4, -0.2) is 14.2 Å². The van der Waals surface area contributed by atoms with Gasteiger partial charge in [-0.3, -0.25) is 0 Å². The molecule has 0 heterocycles. The maximum atomic E-state index is 5.49. The van der Waals surface area contributed by atoms with Crippen LogP contribution in [0.3, 0.4) is 0 Å². The summed E-state index contributed by atoms with van der Waals surface area (Å²) in [4.78, 5) is 0. The van der Waals surface area contributed by atoms with Gasteiger partial charge in [0, 0.05) is 5.41 Å². The smallest absolute Gasteiger partial charge is 0.119 e. The third-order valence-electron chi connectivity index (χ3n) is 6.07. The predicted octanol–water partition coefficient (Wildman–Crippen LogP) is 6.32. The molecule has 0 unspecified atom stereocenters. The lowest BCUT2D eigenvalue weighted by atomic mass is 9.72. The molecule has 0 N–H and O–H groups in total. The highest BCUT2D eigenvalue weighted by Crippen LogP contribution is 2.55. The number of allylic oxidation sites excluding steroid dienone is 1. The number of benzene rings is 3. The summed E-state index contributed by atoms with van der Waals surface area (Å²) in [6, 6.07) is 23.8. The van der Waals surface area contributed by atoms with Gasteiger partial charge in [-0.1, -0.05) is 56.3 Å². The van der Waals surface area contributed by atoms with Crippen molar-refractivity contribution in [2.75, 3.05) is 14.2 Å². The summed E-state index contributed by atoms with van der Waals surface area (Å²) >= 11 is 0. The fraction of sp³-hybridized carbons (Fsp3) is 0.259. The molecule has 0 fully saturated rings. The maximum Gasteiger partial charge on any atom is 0.119 e. The van der Waals surface area contributed by atoms with Crippen LogP contribution in [0.1, 0.15) is 41.7 Å². The van der Waals surface area contributed by atoms with E-state index in [1.807, 2.05) is 19.9 Å². The van der Waals surface area contributed by atoms with Crippen LogP contribution in [0.5, 0.6) is 11.5 Å². The van der Waals surface area contributed by atoms with Crippen molar-refractivity contribution in [1.29, 1.82) is 0 Å². The largest absolute Gasteiger partial charge is 0.497 e. The van der Waals surface area contributed by atoms with Crippen molar-refractivity contribution in [2.24, 2.45) is 0 Å². The molecule has 2 heteroatoms. The topological polar surface area (TPSA) is 18.5 Å². The zero-order chi connectivity index (χ0) is 20.4. The molecule has 0 atom stereocenters. The Morgan fingerprint density at radius 3 is 2.03 bits per heavy atom. The molecule has 5 rings (SSSR count). The summed E-state index contributed by atoms with van der Waals surface area (Å²) in [6.07, 6.45) is 4.41. The van der Waals surface area contributed by atoms with Crippen molar-refractivity contribution >= 4 is 11.6 Å². The van der Waals surface area contributed by atoms with Crippen LogP contribution >= 0.6 is 0 Å². The van der Waals surface area contributed by atoms with Crippen molar-refractivity contribution in [1.82, 2.24) is 0 Å². The minimum absolute atomic E-state index is 0.0162. The van der Waals surface area contributed by atoms with E-state index in [-0.39, 0.29) is 5.41 Å². The van der Waals surface area contributed by atoms with E-state index in [0.717, 1.165) is 24.3 Å². The molecule has 29 heavy (non-hydrogen) atoms. The van der Waals surface area contributed by atoms with Gasteiger partial charge in [-0.05, 0) is 76.6 Å². The van der Waals surface area contributed by atoms with E-state index < -0.39 is 0 Å². The van der Waals surface area contributed by atoms with E-state index in [1.165, 1.54) is 33.4 Å². The van der Waals surface area contributed by atoms with Crippen LogP contribution in [0.15, 0.2) is 66.7 Å². The van der Waals surface area contributed by atoms with Crippen molar-refractivity contribution in [3.63, 3.8) is 0 Å². The van der Waals surface area contributed by atoms with Crippen molar-refractivity contribution in [3.8, 4) is 11.5 Å². The van der Waals surface area contributed by atoms with E-state index in [0.29, 0.717) is 0 Å². The average Bonchev–Trinajstić information content (AvgIpc) is 3.32. The van der Waals surface area contributed by atoms with E-state index in [4.69, 9.17) is 9.47 Å². The number of fused-ring (bicyclic) bond motifs is 3. The Morgan fingerprint density at radius 1 is 0.724 bits per heavy atom. The van der Waals surface area contributed by atoms with Crippen molar-refractivity contribution in [3.05, 3.63) is 94.5 Å². The molecular formula is C27H28O2. The Kier molecular flexibility index (Phi) is 5.19. The van der Waals surface area contributed by atoms with Gasteiger partial charge in [-0.15, -0.1) is 0 Å². The first-order chi connectivity index (χ1) is 14.2. The minimum Gasteiger partial charge on any atom is -0.497 e. The standard InChI is InChI=1S/C25H22O2.C2H6/c1-26-21-9-5-8-17(12-21)24-14-20-13-22(27-2)10-11-23(20)25(24)15-18-6-3-4-7-19(18)16-25;1-2/h3-14H,15-16H2,1-2H3;1-2H3. The number of rotatable bonds is 3. The van der Waals surface area contributed by atoms with Crippen molar-refractivity contribution < 1.29 is 9.47 Å². The molecule has 2 aliphatic rings. The van der Waals surface area contributed by atoms with Crippen LogP contribution in [0.4, 0.5) is 0 Å². The summed E-state index contributed by atoms with van der Waals surface area (Å²) in [5.74, 6) is 1.80. The predicted molar refractivity (Wildman–Crippen MR) is 121 cm³/mol.